The van der Waals surface area contributed by atoms with Gasteiger partial charge in [0.2, 0.25) is 0 Å². The Balaban J connectivity index is 1.90. The molecule has 0 aliphatic carbocycles. The zero-order valence-electron chi connectivity index (χ0n) is 10.8. The lowest BCUT2D eigenvalue weighted by atomic mass is 9.98. The Labute approximate surface area is 116 Å². The first-order valence-electron chi connectivity index (χ1n) is 6.69. The first kappa shape index (κ1) is 11.3. The Hall–Kier alpha value is -2.49. The molecule has 4 heteroatoms. The van der Waals surface area contributed by atoms with Crippen LogP contribution in [-0.4, -0.2) is 17.6 Å². The van der Waals surface area contributed by atoms with Gasteiger partial charge < -0.3 is 14.7 Å². The van der Waals surface area contributed by atoms with Crippen molar-refractivity contribution in [3.05, 3.63) is 47.5 Å². The molecule has 4 rings (SSSR count). The summed E-state index contributed by atoms with van der Waals surface area (Å²) in [4.78, 5) is 13.3. The van der Waals surface area contributed by atoms with E-state index in [1.807, 2.05) is 18.2 Å². The topological polar surface area (TPSA) is 49.8 Å². The Morgan fingerprint density at radius 1 is 1.20 bits per heavy atom. The average molecular weight is 267 g/mol. The number of carbonyl (C=O) groups is 1. The first-order chi connectivity index (χ1) is 9.74. The second-order valence-corrected chi connectivity index (χ2v) is 5.11. The molecule has 0 saturated carbocycles. The van der Waals surface area contributed by atoms with Gasteiger partial charge in [0.05, 0.1) is 16.9 Å². The standard InChI is InChI=1S/C16H13NO3/c18-16(19)11-6-7-12-14(9-11)20-13-5-1-3-10-4-2-8-17(12)15(10)13/h1,3,5-7,9H,2,4,8H2,(H,18,19). The maximum Gasteiger partial charge on any atom is 0.335 e. The van der Waals surface area contributed by atoms with Crippen LogP contribution in [0.1, 0.15) is 22.3 Å². The highest BCUT2D eigenvalue weighted by atomic mass is 16.5. The Kier molecular flexibility index (Phi) is 2.27. The highest BCUT2D eigenvalue weighted by Gasteiger charge is 2.29. The quantitative estimate of drug-likeness (QED) is 0.858. The second kappa shape index (κ2) is 4.00. The third kappa shape index (κ3) is 1.51. The van der Waals surface area contributed by atoms with Crippen LogP contribution < -0.4 is 9.64 Å². The van der Waals surface area contributed by atoms with E-state index in [9.17, 15) is 4.79 Å². The SMILES string of the molecule is O=C(O)c1ccc2c(c1)Oc1cccc3c1N2CCC3. The molecule has 100 valence electrons. The highest BCUT2D eigenvalue weighted by Crippen LogP contribution is 2.50. The molecule has 2 aromatic carbocycles. The maximum atomic E-state index is 11.1. The molecule has 2 aliphatic rings. The molecule has 0 amide bonds. The summed E-state index contributed by atoms with van der Waals surface area (Å²) in [7, 11) is 0. The van der Waals surface area contributed by atoms with E-state index < -0.39 is 5.97 Å². The van der Waals surface area contributed by atoms with E-state index in [1.165, 1.54) is 5.56 Å². The van der Waals surface area contributed by atoms with E-state index in [2.05, 4.69) is 11.0 Å². The van der Waals surface area contributed by atoms with E-state index in [0.29, 0.717) is 5.75 Å². The number of fused-ring (bicyclic) bond motifs is 2. The number of aryl methyl sites for hydroxylation is 1. The normalized spacial score (nSPS) is 15.1. The van der Waals surface area contributed by atoms with E-state index in [4.69, 9.17) is 9.84 Å². The summed E-state index contributed by atoms with van der Waals surface area (Å²) in [6.45, 7) is 0.937. The van der Waals surface area contributed by atoms with Gasteiger partial charge in [0.25, 0.3) is 0 Å². The van der Waals surface area contributed by atoms with Crippen molar-refractivity contribution in [2.45, 2.75) is 12.8 Å². The molecule has 0 bridgehead atoms. The van der Waals surface area contributed by atoms with Crippen LogP contribution in [0.5, 0.6) is 11.5 Å². The monoisotopic (exact) mass is 267 g/mol. The molecule has 0 radical (unpaired) electrons. The van der Waals surface area contributed by atoms with Crippen molar-refractivity contribution in [3.8, 4) is 11.5 Å². The zero-order valence-corrected chi connectivity index (χ0v) is 10.8. The van der Waals surface area contributed by atoms with Gasteiger partial charge in [-0.1, -0.05) is 12.1 Å². The molecule has 2 aromatic rings. The molecule has 0 atom stereocenters. The lowest BCUT2D eigenvalue weighted by Crippen LogP contribution is -2.27. The third-order valence-electron chi connectivity index (χ3n) is 3.90. The number of hydrogen-bond donors (Lipinski definition) is 1. The van der Waals surface area contributed by atoms with Crippen LogP contribution in [0.3, 0.4) is 0 Å². The summed E-state index contributed by atoms with van der Waals surface area (Å²) < 4.78 is 5.91. The smallest absolute Gasteiger partial charge is 0.335 e. The van der Waals surface area contributed by atoms with Crippen LogP contribution in [-0.2, 0) is 6.42 Å². The molecule has 20 heavy (non-hydrogen) atoms. The molecule has 0 saturated heterocycles. The zero-order chi connectivity index (χ0) is 13.7. The Bertz CT molecular complexity index is 724. The Morgan fingerprint density at radius 3 is 2.95 bits per heavy atom. The number of anilines is 2. The number of carboxylic acids is 1. The lowest BCUT2D eigenvalue weighted by molar-refractivity contribution is 0.0696. The van der Waals surface area contributed by atoms with Gasteiger partial charge in [-0.15, -0.1) is 0 Å². The minimum atomic E-state index is -0.936. The van der Waals surface area contributed by atoms with Gasteiger partial charge >= 0.3 is 5.97 Å². The fourth-order valence-electron chi connectivity index (χ4n) is 3.01. The molecule has 4 nitrogen and oxygen atoms in total. The van der Waals surface area contributed by atoms with Gasteiger partial charge in [-0.25, -0.2) is 4.79 Å². The van der Waals surface area contributed by atoms with Gasteiger partial charge in [-0.2, -0.15) is 0 Å². The largest absolute Gasteiger partial charge is 0.478 e. The summed E-state index contributed by atoms with van der Waals surface area (Å²) in [5, 5.41) is 9.09. The number of hydrogen-bond acceptors (Lipinski definition) is 3. The van der Waals surface area contributed by atoms with Gasteiger partial charge in [-0.3, -0.25) is 0 Å². The average Bonchev–Trinajstić information content (AvgIpc) is 2.47. The highest BCUT2D eigenvalue weighted by molar-refractivity contribution is 5.91. The summed E-state index contributed by atoms with van der Waals surface area (Å²) >= 11 is 0. The minimum Gasteiger partial charge on any atom is -0.478 e. The van der Waals surface area contributed by atoms with Gasteiger partial charge in [0.15, 0.2) is 11.5 Å². The molecule has 0 aromatic heterocycles. The van der Waals surface area contributed by atoms with Crippen molar-refractivity contribution in [1.29, 1.82) is 0 Å². The number of carboxylic acid groups (broad SMARTS) is 1. The predicted molar refractivity (Wildman–Crippen MR) is 75.2 cm³/mol. The molecular formula is C16H13NO3. The number of para-hydroxylation sites is 1. The third-order valence-corrected chi connectivity index (χ3v) is 3.90. The molecule has 0 unspecified atom stereocenters. The fourth-order valence-corrected chi connectivity index (χ4v) is 3.01. The van der Waals surface area contributed by atoms with Crippen LogP contribution >= 0.6 is 0 Å². The summed E-state index contributed by atoms with van der Waals surface area (Å²) in [5.41, 5.74) is 3.63. The molecule has 0 spiro atoms. The van der Waals surface area contributed by atoms with Gasteiger partial charge in [0.1, 0.15) is 0 Å². The van der Waals surface area contributed by atoms with Crippen LogP contribution in [0, 0.1) is 0 Å². The van der Waals surface area contributed by atoms with E-state index in [-0.39, 0.29) is 5.56 Å². The van der Waals surface area contributed by atoms with Crippen LogP contribution in [0.4, 0.5) is 11.4 Å². The molecule has 0 fully saturated rings. The van der Waals surface area contributed by atoms with E-state index in [0.717, 1.165) is 36.5 Å². The molecule has 2 aliphatic heterocycles. The number of rotatable bonds is 1. The predicted octanol–water partition coefficient (Wildman–Crippen LogP) is 3.57. The maximum absolute atomic E-state index is 11.1. The summed E-state index contributed by atoms with van der Waals surface area (Å²) in [5.74, 6) is 0.503. The van der Waals surface area contributed by atoms with Crippen molar-refractivity contribution in [1.82, 2.24) is 0 Å². The van der Waals surface area contributed by atoms with Crippen LogP contribution in [0.25, 0.3) is 0 Å². The molecule has 1 N–H and O–H groups in total. The first-order valence-corrected chi connectivity index (χ1v) is 6.69. The number of nitrogens with zero attached hydrogens (tertiary/aromatic N) is 1. The lowest BCUT2D eigenvalue weighted by Gasteiger charge is -2.37. The van der Waals surface area contributed by atoms with Crippen LogP contribution in [0.15, 0.2) is 36.4 Å². The fraction of sp³-hybridized carbons (Fsp3) is 0.188. The van der Waals surface area contributed by atoms with Crippen molar-refractivity contribution < 1.29 is 14.6 Å². The minimum absolute atomic E-state index is 0.250. The van der Waals surface area contributed by atoms with Crippen molar-refractivity contribution in [3.63, 3.8) is 0 Å². The molecular weight excluding hydrogens is 254 g/mol. The summed E-state index contributed by atoms with van der Waals surface area (Å²) in [6, 6.07) is 11.1. The Morgan fingerprint density at radius 2 is 2.10 bits per heavy atom. The molecule has 2 heterocycles. The van der Waals surface area contributed by atoms with Gasteiger partial charge in [0, 0.05) is 6.54 Å². The number of benzene rings is 2. The van der Waals surface area contributed by atoms with E-state index in [1.54, 1.807) is 12.1 Å². The van der Waals surface area contributed by atoms with Gasteiger partial charge in [-0.05, 0) is 42.7 Å². The van der Waals surface area contributed by atoms with E-state index >= 15 is 0 Å². The summed E-state index contributed by atoms with van der Waals surface area (Å²) in [6.07, 6.45) is 2.15. The van der Waals surface area contributed by atoms with Crippen molar-refractivity contribution in [2.24, 2.45) is 0 Å². The second-order valence-electron chi connectivity index (χ2n) is 5.11. The van der Waals surface area contributed by atoms with Crippen LogP contribution in [0.2, 0.25) is 0 Å². The van der Waals surface area contributed by atoms with Crippen molar-refractivity contribution in [2.75, 3.05) is 11.4 Å². The number of aromatic carboxylic acids is 1. The number of ether oxygens (including phenoxy) is 1. The van der Waals surface area contributed by atoms with Crippen molar-refractivity contribution >= 4 is 17.3 Å².